The van der Waals surface area contributed by atoms with E-state index in [1.807, 2.05) is 6.92 Å². The monoisotopic (exact) mass is 227 g/mol. The first-order valence-corrected chi connectivity index (χ1v) is 5.25. The molecule has 0 bridgehead atoms. The Labute approximate surface area is 95.4 Å². The minimum atomic E-state index is -0.268. The third-order valence-electron chi connectivity index (χ3n) is 2.31. The van der Waals surface area contributed by atoms with Gasteiger partial charge in [-0.25, -0.2) is 4.39 Å². The van der Waals surface area contributed by atoms with Gasteiger partial charge in [-0.05, 0) is 30.2 Å². The van der Waals surface area contributed by atoms with E-state index in [0.717, 1.165) is 11.1 Å². The number of halogens is 1. The first-order chi connectivity index (χ1) is 7.67. The zero-order valence-corrected chi connectivity index (χ0v) is 9.70. The van der Waals surface area contributed by atoms with Gasteiger partial charge in [-0.15, -0.1) is 0 Å². The standard InChI is InChI=1S/C12H18FNO2/c1-9(7-15-2)16-8-11-5-12(13)4-3-10(11)6-14/h3-5,9H,6-8,14H2,1-2H3. The van der Waals surface area contributed by atoms with Crippen molar-refractivity contribution in [2.75, 3.05) is 13.7 Å². The fraction of sp³-hybridized carbons (Fsp3) is 0.500. The summed E-state index contributed by atoms with van der Waals surface area (Å²) in [6, 6.07) is 4.56. The lowest BCUT2D eigenvalue weighted by Crippen LogP contribution is -2.15. The fourth-order valence-electron chi connectivity index (χ4n) is 1.44. The van der Waals surface area contributed by atoms with Gasteiger partial charge >= 0.3 is 0 Å². The number of methoxy groups -OCH3 is 1. The summed E-state index contributed by atoms with van der Waals surface area (Å²) in [6.45, 7) is 3.17. The van der Waals surface area contributed by atoms with E-state index in [9.17, 15) is 4.39 Å². The highest BCUT2D eigenvalue weighted by atomic mass is 19.1. The SMILES string of the molecule is COCC(C)OCc1cc(F)ccc1CN. The van der Waals surface area contributed by atoms with Crippen molar-refractivity contribution in [1.82, 2.24) is 0 Å². The number of hydrogen-bond donors (Lipinski definition) is 1. The second kappa shape index (κ2) is 6.58. The summed E-state index contributed by atoms with van der Waals surface area (Å²) in [6.07, 6.45) is -0.0149. The smallest absolute Gasteiger partial charge is 0.123 e. The van der Waals surface area contributed by atoms with E-state index in [1.165, 1.54) is 12.1 Å². The van der Waals surface area contributed by atoms with Gasteiger partial charge in [0, 0.05) is 13.7 Å². The molecule has 2 N–H and O–H groups in total. The summed E-state index contributed by atoms with van der Waals surface area (Å²) >= 11 is 0. The Morgan fingerprint density at radius 1 is 1.38 bits per heavy atom. The molecular formula is C12H18FNO2. The Balaban J connectivity index is 2.61. The second-order valence-electron chi connectivity index (χ2n) is 3.69. The van der Waals surface area contributed by atoms with Crippen LogP contribution in [0.3, 0.4) is 0 Å². The van der Waals surface area contributed by atoms with E-state index in [2.05, 4.69) is 0 Å². The van der Waals surface area contributed by atoms with Crippen molar-refractivity contribution in [3.63, 3.8) is 0 Å². The molecule has 0 aliphatic rings. The Morgan fingerprint density at radius 2 is 2.12 bits per heavy atom. The average molecular weight is 227 g/mol. The number of benzene rings is 1. The molecule has 0 saturated carbocycles. The van der Waals surface area contributed by atoms with Crippen LogP contribution >= 0.6 is 0 Å². The number of hydrogen-bond acceptors (Lipinski definition) is 3. The minimum absolute atomic E-state index is 0.0149. The lowest BCUT2D eigenvalue weighted by Gasteiger charge is -2.14. The van der Waals surface area contributed by atoms with Crippen molar-refractivity contribution in [1.29, 1.82) is 0 Å². The van der Waals surface area contributed by atoms with Crippen LogP contribution in [0, 0.1) is 5.82 Å². The number of rotatable bonds is 6. The Morgan fingerprint density at radius 3 is 2.75 bits per heavy atom. The molecule has 0 heterocycles. The molecule has 0 amide bonds. The predicted octanol–water partition coefficient (Wildman–Crippen LogP) is 1.84. The molecular weight excluding hydrogens is 209 g/mol. The van der Waals surface area contributed by atoms with Gasteiger partial charge in [0.25, 0.3) is 0 Å². The van der Waals surface area contributed by atoms with Crippen molar-refractivity contribution >= 4 is 0 Å². The van der Waals surface area contributed by atoms with Crippen LogP contribution in [0.2, 0.25) is 0 Å². The number of nitrogens with two attached hydrogens (primary N) is 1. The molecule has 1 aromatic carbocycles. The third kappa shape index (κ3) is 3.89. The van der Waals surface area contributed by atoms with E-state index in [4.69, 9.17) is 15.2 Å². The zero-order valence-electron chi connectivity index (χ0n) is 9.70. The highest BCUT2D eigenvalue weighted by molar-refractivity contribution is 5.27. The maximum absolute atomic E-state index is 13.0. The molecule has 16 heavy (non-hydrogen) atoms. The predicted molar refractivity (Wildman–Crippen MR) is 60.4 cm³/mol. The van der Waals surface area contributed by atoms with E-state index < -0.39 is 0 Å². The molecule has 0 fully saturated rings. The van der Waals surface area contributed by atoms with Crippen molar-refractivity contribution in [2.45, 2.75) is 26.2 Å². The topological polar surface area (TPSA) is 44.5 Å². The van der Waals surface area contributed by atoms with Gasteiger partial charge in [0.1, 0.15) is 5.82 Å². The van der Waals surface area contributed by atoms with Crippen LogP contribution in [-0.2, 0) is 22.6 Å². The fourth-order valence-corrected chi connectivity index (χ4v) is 1.44. The first kappa shape index (κ1) is 13.1. The van der Waals surface area contributed by atoms with Gasteiger partial charge in [-0.2, -0.15) is 0 Å². The van der Waals surface area contributed by atoms with Crippen LogP contribution < -0.4 is 5.73 Å². The van der Waals surface area contributed by atoms with Crippen LogP contribution in [0.25, 0.3) is 0 Å². The molecule has 1 atom stereocenters. The molecule has 0 radical (unpaired) electrons. The summed E-state index contributed by atoms with van der Waals surface area (Å²) in [5, 5.41) is 0. The van der Waals surface area contributed by atoms with Crippen LogP contribution in [0.5, 0.6) is 0 Å². The normalized spacial score (nSPS) is 12.8. The Bertz CT molecular complexity index is 331. The molecule has 0 aromatic heterocycles. The molecule has 0 spiro atoms. The summed E-state index contributed by atoms with van der Waals surface area (Å²) in [7, 11) is 1.62. The van der Waals surface area contributed by atoms with E-state index in [1.54, 1.807) is 13.2 Å². The minimum Gasteiger partial charge on any atom is -0.382 e. The van der Waals surface area contributed by atoms with Crippen LogP contribution in [0.4, 0.5) is 4.39 Å². The van der Waals surface area contributed by atoms with E-state index in [0.29, 0.717) is 19.8 Å². The lowest BCUT2D eigenvalue weighted by molar-refractivity contribution is -0.000444. The molecule has 1 aromatic rings. The summed E-state index contributed by atoms with van der Waals surface area (Å²) in [4.78, 5) is 0. The summed E-state index contributed by atoms with van der Waals surface area (Å²) in [5.74, 6) is -0.268. The highest BCUT2D eigenvalue weighted by Gasteiger charge is 2.06. The van der Waals surface area contributed by atoms with Gasteiger partial charge in [-0.1, -0.05) is 6.07 Å². The van der Waals surface area contributed by atoms with E-state index in [-0.39, 0.29) is 11.9 Å². The van der Waals surface area contributed by atoms with Crippen molar-refractivity contribution in [3.05, 3.63) is 35.1 Å². The maximum atomic E-state index is 13.0. The van der Waals surface area contributed by atoms with Crippen molar-refractivity contribution in [3.8, 4) is 0 Å². The van der Waals surface area contributed by atoms with Gasteiger partial charge < -0.3 is 15.2 Å². The van der Waals surface area contributed by atoms with Gasteiger partial charge in [0.05, 0.1) is 19.3 Å². The largest absolute Gasteiger partial charge is 0.382 e. The Hall–Kier alpha value is -0.970. The Kier molecular flexibility index (Phi) is 5.38. The lowest BCUT2D eigenvalue weighted by atomic mass is 10.1. The first-order valence-electron chi connectivity index (χ1n) is 5.25. The second-order valence-corrected chi connectivity index (χ2v) is 3.69. The molecule has 0 saturated heterocycles. The number of ether oxygens (including phenoxy) is 2. The molecule has 1 rings (SSSR count). The zero-order chi connectivity index (χ0) is 12.0. The quantitative estimate of drug-likeness (QED) is 0.806. The summed E-state index contributed by atoms with van der Waals surface area (Å²) < 4.78 is 23.5. The molecule has 1 unspecified atom stereocenters. The van der Waals surface area contributed by atoms with Crippen molar-refractivity contribution in [2.24, 2.45) is 5.73 Å². The van der Waals surface area contributed by atoms with Gasteiger partial charge in [-0.3, -0.25) is 0 Å². The third-order valence-corrected chi connectivity index (χ3v) is 2.31. The molecule has 90 valence electrons. The summed E-state index contributed by atoms with van der Waals surface area (Å²) in [5.41, 5.74) is 7.27. The molecule has 3 nitrogen and oxygen atoms in total. The highest BCUT2D eigenvalue weighted by Crippen LogP contribution is 2.13. The van der Waals surface area contributed by atoms with Gasteiger partial charge in [0.15, 0.2) is 0 Å². The van der Waals surface area contributed by atoms with Gasteiger partial charge in [0.2, 0.25) is 0 Å². The average Bonchev–Trinajstić information content (AvgIpc) is 2.27. The maximum Gasteiger partial charge on any atom is 0.123 e. The molecule has 0 aliphatic carbocycles. The van der Waals surface area contributed by atoms with E-state index >= 15 is 0 Å². The molecule has 0 aliphatic heterocycles. The molecule has 4 heteroatoms. The van der Waals surface area contributed by atoms with Crippen LogP contribution in [0.15, 0.2) is 18.2 Å². The van der Waals surface area contributed by atoms with Crippen molar-refractivity contribution < 1.29 is 13.9 Å². The van der Waals surface area contributed by atoms with Crippen LogP contribution in [-0.4, -0.2) is 19.8 Å². The van der Waals surface area contributed by atoms with Crippen LogP contribution in [0.1, 0.15) is 18.1 Å².